The molecule has 0 aliphatic heterocycles. The normalized spacial score (nSPS) is 11.1. The summed E-state index contributed by atoms with van der Waals surface area (Å²) in [6, 6.07) is 14.0. The molecular formula is C16H11FOS. The third-order valence-electron chi connectivity index (χ3n) is 3.15. The average Bonchev–Trinajstić information content (AvgIpc) is 3.11. The highest BCUT2D eigenvalue weighted by atomic mass is 32.2. The molecule has 0 spiro atoms. The summed E-state index contributed by atoms with van der Waals surface area (Å²) in [4.78, 5) is 13.1. The Kier molecular flexibility index (Phi) is 2.99. The monoisotopic (exact) mass is 270 g/mol. The third-order valence-corrected chi connectivity index (χ3v) is 3.90. The van der Waals surface area contributed by atoms with Gasteiger partial charge in [-0.25, -0.2) is 4.39 Å². The molecule has 3 rings (SSSR count). The average molecular weight is 270 g/mol. The van der Waals surface area contributed by atoms with Crippen molar-refractivity contribution >= 4 is 11.8 Å². The summed E-state index contributed by atoms with van der Waals surface area (Å²) in [5.74, 6) is -0.289. The number of thioether (sulfide) groups is 1. The Morgan fingerprint density at radius 1 is 0.842 bits per heavy atom. The molecule has 0 fully saturated rings. The number of halogens is 1. The Hall–Kier alpha value is -1.87. The maximum Gasteiger partial charge on any atom is 0.195 e. The van der Waals surface area contributed by atoms with Gasteiger partial charge in [-0.2, -0.15) is 0 Å². The molecule has 94 valence electrons. The van der Waals surface area contributed by atoms with Gasteiger partial charge < -0.3 is 0 Å². The molecule has 0 heterocycles. The second-order valence-corrected chi connectivity index (χ2v) is 5.19. The zero-order chi connectivity index (χ0) is 13.4. The van der Waals surface area contributed by atoms with Crippen molar-refractivity contribution in [2.75, 3.05) is 6.26 Å². The second kappa shape index (κ2) is 4.67. The molecule has 0 bridgehead atoms. The molecule has 1 nitrogen and oxygen atoms in total. The minimum atomic E-state index is -0.289. The van der Waals surface area contributed by atoms with Crippen molar-refractivity contribution in [1.82, 2.24) is 0 Å². The van der Waals surface area contributed by atoms with E-state index in [1.807, 2.05) is 30.5 Å². The highest BCUT2D eigenvalue weighted by molar-refractivity contribution is 7.98. The van der Waals surface area contributed by atoms with E-state index in [0.717, 1.165) is 16.7 Å². The maximum absolute atomic E-state index is 12.9. The number of benzene rings is 2. The first kappa shape index (κ1) is 12.2. The summed E-state index contributed by atoms with van der Waals surface area (Å²) in [5, 5.41) is 0. The van der Waals surface area contributed by atoms with Crippen molar-refractivity contribution in [2.24, 2.45) is 0 Å². The van der Waals surface area contributed by atoms with Crippen LogP contribution in [0.5, 0.6) is 0 Å². The first-order chi connectivity index (χ1) is 9.20. The second-order valence-electron chi connectivity index (χ2n) is 4.31. The molecule has 0 atom stereocenters. The van der Waals surface area contributed by atoms with Gasteiger partial charge in [-0.15, -0.1) is 11.8 Å². The molecule has 3 aromatic carbocycles. The summed E-state index contributed by atoms with van der Waals surface area (Å²) in [6.45, 7) is 0. The molecule has 3 aromatic rings. The van der Waals surface area contributed by atoms with Crippen molar-refractivity contribution in [3.05, 3.63) is 64.6 Å². The van der Waals surface area contributed by atoms with Crippen LogP contribution in [0.2, 0.25) is 0 Å². The van der Waals surface area contributed by atoms with Gasteiger partial charge in [-0.05, 0) is 41.6 Å². The largest absolute Gasteiger partial charge is 0.289 e. The van der Waals surface area contributed by atoms with Gasteiger partial charge >= 0.3 is 0 Å². The van der Waals surface area contributed by atoms with Crippen molar-refractivity contribution in [1.29, 1.82) is 0 Å². The summed E-state index contributed by atoms with van der Waals surface area (Å²) in [7, 11) is 0. The molecule has 19 heavy (non-hydrogen) atoms. The van der Waals surface area contributed by atoms with Gasteiger partial charge in [0, 0.05) is 16.0 Å². The Morgan fingerprint density at radius 3 is 1.79 bits per heavy atom. The zero-order valence-corrected chi connectivity index (χ0v) is 11.1. The van der Waals surface area contributed by atoms with Crippen LogP contribution in [0.25, 0.3) is 22.3 Å². The lowest BCUT2D eigenvalue weighted by Gasteiger charge is -1.97. The smallest absolute Gasteiger partial charge is 0.195 e. The lowest BCUT2D eigenvalue weighted by Crippen LogP contribution is -1.79. The molecule has 0 aromatic heterocycles. The molecule has 0 aliphatic rings. The predicted molar refractivity (Wildman–Crippen MR) is 77.7 cm³/mol. The molecule has 0 unspecified atom stereocenters. The van der Waals surface area contributed by atoms with E-state index in [9.17, 15) is 9.18 Å². The van der Waals surface area contributed by atoms with Crippen molar-refractivity contribution in [3.8, 4) is 22.3 Å². The van der Waals surface area contributed by atoms with Gasteiger partial charge in [0.05, 0.1) is 0 Å². The molecule has 0 aliphatic carbocycles. The minimum Gasteiger partial charge on any atom is -0.289 e. The molecule has 0 saturated carbocycles. The zero-order valence-electron chi connectivity index (χ0n) is 10.3. The first-order valence-corrected chi connectivity index (χ1v) is 7.12. The Bertz CT molecular complexity index is 719. The SMILES string of the molecule is CSc1ccc(-c2c(-c3ccc(F)cc3)c2=O)cc1. The van der Waals surface area contributed by atoms with E-state index < -0.39 is 0 Å². The number of rotatable bonds is 3. The van der Waals surface area contributed by atoms with Gasteiger partial charge in [-0.3, -0.25) is 4.79 Å². The molecule has 0 saturated heterocycles. The minimum absolute atomic E-state index is 0.0588. The van der Waals surface area contributed by atoms with Crippen LogP contribution in [0.1, 0.15) is 0 Å². The lowest BCUT2D eigenvalue weighted by molar-refractivity contribution is 0.628. The van der Waals surface area contributed by atoms with Gasteiger partial charge in [-0.1, -0.05) is 24.3 Å². The standard InChI is InChI=1S/C16H11FOS/c1-19-13-8-4-11(5-9-13)15-14(16(15)18)10-2-6-12(17)7-3-10/h2-9H,1H3. The lowest BCUT2D eigenvalue weighted by atomic mass is 10.1. The highest BCUT2D eigenvalue weighted by Crippen LogP contribution is 2.34. The number of hydrogen-bond donors (Lipinski definition) is 0. The maximum atomic E-state index is 12.9. The highest BCUT2D eigenvalue weighted by Gasteiger charge is 2.24. The fourth-order valence-electron chi connectivity index (χ4n) is 2.10. The van der Waals surface area contributed by atoms with Crippen molar-refractivity contribution in [3.63, 3.8) is 0 Å². The van der Waals surface area contributed by atoms with Gasteiger partial charge in [0.2, 0.25) is 0 Å². The van der Waals surface area contributed by atoms with E-state index in [1.54, 1.807) is 23.9 Å². The Balaban J connectivity index is 1.96. The van der Waals surface area contributed by atoms with E-state index in [0.29, 0.717) is 5.56 Å². The summed E-state index contributed by atoms with van der Waals surface area (Å²) in [6.07, 6.45) is 2.01. The van der Waals surface area contributed by atoms with E-state index in [-0.39, 0.29) is 11.2 Å². The Morgan fingerprint density at radius 2 is 1.32 bits per heavy atom. The molecular weight excluding hydrogens is 259 g/mol. The van der Waals surface area contributed by atoms with Gasteiger partial charge in [0.15, 0.2) is 5.43 Å². The molecule has 0 radical (unpaired) electrons. The van der Waals surface area contributed by atoms with Crippen LogP contribution < -0.4 is 5.43 Å². The van der Waals surface area contributed by atoms with E-state index in [4.69, 9.17) is 0 Å². The van der Waals surface area contributed by atoms with Gasteiger partial charge in [0.25, 0.3) is 0 Å². The van der Waals surface area contributed by atoms with Gasteiger partial charge in [0.1, 0.15) is 5.82 Å². The fraction of sp³-hybridized carbons (Fsp3) is 0.0625. The van der Waals surface area contributed by atoms with Crippen LogP contribution in [-0.2, 0) is 0 Å². The van der Waals surface area contributed by atoms with Crippen LogP contribution in [0.3, 0.4) is 0 Å². The van der Waals surface area contributed by atoms with Crippen LogP contribution >= 0.6 is 11.8 Å². The van der Waals surface area contributed by atoms with Crippen LogP contribution in [0.4, 0.5) is 4.39 Å². The predicted octanol–water partition coefficient (Wildman–Crippen LogP) is 4.12. The topological polar surface area (TPSA) is 17.1 Å². The van der Waals surface area contributed by atoms with Crippen LogP contribution in [-0.4, -0.2) is 6.26 Å². The van der Waals surface area contributed by atoms with Crippen molar-refractivity contribution < 1.29 is 4.39 Å². The van der Waals surface area contributed by atoms with E-state index >= 15 is 0 Å². The van der Waals surface area contributed by atoms with E-state index in [1.165, 1.54) is 17.0 Å². The summed E-state index contributed by atoms with van der Waals surface area (Å²) >= 11 is 1.67. The molecule has 0 amide bonds. The fourth-order valence-corrected chi connectivity index (χ4v) is 2.50. The molecule has 3 heteroatoms. The number of hydrogen-bond acceptors (Lipinski definition) is 2. The van der Waals surface area contributed by atoms with Crippen LogP contribution in [0, 0.1) is 5.82 Å². The third kappa shape index (κ3) is 2.22. The first-order valence-electron chi connectivity index (χ1n) is 5.90. The summed E-state index contributed by atoms with van der Waals surface area (Å²) < 4.78 is 12.9. The summed E-state index contributed by atoms with van der Waals surface area (Å²) in [5.41, 5.74) is 3.23. The van der Waals surface area contributed by atoms with E-state index in [2.05, 4.69) is 0 Å². The van der Waals surface area contributed by atoms with Crippen LogP contribution in [0.15, 0.2) is 58.2 Å². The van der Waals surface area contributed by atoms with Crippen molar-refractivity contribution in [2.45, 2.75) is 4.90 Å². The molecule has 0 N–H and O–H groups in total. The Labute approximate surface area is 114 Å². The quantitative estimate of drug-likeness (QED) is 0.666.